The molecule has 23 heavy (non-hydrogen) atoms. The van der Waals surface area contributed by atoms with E-state index in [4.69, 9.17) is 15.9 Å². The first-order valence-corrected chi connectivity index (χ1v) is 8.60. The van der Waals surface area contributed by atoms with Gasteiger partial charge in [0.2, 0.25) is 0 Å². The normalized spacial score (nSPS) is 10.5. The number of benzene rings is 2. The lowest BCUT2D eigenvalue weighted by Gasteiger charge is -2.23. The Kier molecular flexibility index (Phi) is 5.79. The zero-order chi connectivity index (χ0) is 17.0. The smallest absolute Gasteiger partial charge is 0.313 e. The number of hydrogen-bond donors (Lipinski definition) is 3. The minimum absolute atomic E-state index is 0.0268. The van der Waals surface area contributed by atoms with Gasteiger partial charge in [-0.2, -0.15) is 0 Å². The Morgan fingerprint density at radius 2 is 1.87 bits per heavy atom. The standard InChI is InChI=1S/C16H16BrN3O2S/c1-10-6-7-11(13-5-3-2-4-12(10)13)8-20(15(17)18)16(19)23-9-14(21)22/h2-7,18-19H,8-9H2,1H3,(H,21,22). The lowest BCUT2D eigenvalue weighted by atomic mass is 10.0. The van der Waals surface area contributed by atoms with E-state index in [0.29, 0.717) is 6.54 Å². The minimum Gasteiger partial charge on any atom is -0.481 e. The fraction of sp³-hybridized carbons (Fsp3) is 0.188. The Morgan fingerprint density at radius 3 is 2.48 bits per heavy atom. The molecule has 0 aliphatic heterocycles. The van der Waals surface area contributed by atoms with Crippen molar-refractivity contribution >= 4 is 54.3 Å². The zero-order valence-electron chi connectivity index (χ0n) is 12.5. The van der Waals surface area contributed by atoms with Gasteiger partial charge in [-0.15, -0.1) is 0 Å². The predicted octanol–water partition coefficient (Wildman–Crippen LogP) is 4.03. The molecule has 5 nitrogen and oxygen atoms in total. The SMILES string of the molecule is Cc1ccc(CN(C(=N)Br)C(=N)SCC(=O)O)c2ccccc12. The number of carboxylic acid groups (broad SMARTS) is 1. The summed E-state index contributed by atoms with van der Waals surface area (Å²) in [5.41, 5.74) is 2.15. The molecule has 120 valence electrons. The van der Waals surface area contributed by atoms with E-state index in [9.17, 15) is 4.79 Å². The number of carboxylic acids is 1. The van der Waals surface area contributed by atoms with Crippen LogP contribution in [0.4, 0.5) is 0 Å². The van der Waals surface area contributed by atoms with Gasteiger partial charge in [0.05, 0.1) is 12.3 Å². The van der Waals surface area contributed by atoms with Gasteiger partial charge in [-0.1, -0.05) is 48.2 Å². The van der Waals surface area contributed by atoms with Crippen LogP contribution in [0, 0.1) is 17.7 Å². The lowest BCUT2D eigenvalue weighted by molar-refractivity contribution is -0.133. The molecule has 0 amide bonds. The van der Waals surface area contributed by atoms with E-state index in [2.05, 4.69) is 15.9 Å². The molecule has 0 aromatic heterocycles. The predicted molar refractivity (Wildman–Crippen MR) is 98.7 cm³/mol. The lowest BCUT2D eigenvalue weighted by Crippen LogP contribution is -2.31. The molecule has 3 N–H and O–H groups in total. The van der Waals surface area contributed by atoms with E-state index >= 15 is 0 Å². The summed E-state index contributed by atoms with van der Waals surface area (Å²) in [5.74, 6) is -1.19. The number of amidine groups is 2. The average molecular weight is 394 g/mol. The summed E-state index contributed by atoms with van der Waals surface area (Å²) in [6, 6.07) is 12.0. The third kappa shape index (κ3) is 4.33. The van der Waals surface area contributed by atoms with Crippen LogP contribution in [-0.4, -0.2) is 31.6 Å². The van der Waals surface area contributed by atoms with Crippen molar-refractivity contribution in [2.24, 2.45) is 0 Å². The second kappa shape index (κ2) is 7.61. The van der Waals surface area contributed by atoms with Crippen LogP contribution >= 0.6 is 27.7 Å². The van der Waals surface area contributed by atoms with Crippen molar-refractivity contribution in [2.45, 2.75) is 13.5 Å². The number of fused-ring (bicyclic) bond motifs is 1. The molecular weight excluding hydrogens is 378 g/mol. The summed E-state index contributed by atoms with van der Waals surface area (Å²) in [6.07, 6.45) is 0. The van der Waals surface area contributed by atoms with Crippen molar-refractivity contribution in [3.63, 3.8) is 0 Å². The van der Waals surface area contributed by atoms with Gasteiger partial charge in [0.1, 0.15) is 0 Å². The Balaban J connectivity index is 2.31. The van der Waals surface area contributed by atoms with Crippen LogP contribution < -0.4 is 0 Å². The van der Waals surface area contributed by atoms with Crippen LogP contribution in [0.1, 0.15) is 11.1 Å². The fourth-order valence-corrected chi connectivity index (χ4v) is 3.25. The van der Waals surface area contributed by atoms with Crippen molar-refractivity contribution in [3.05, 3.63) is 47.5 Å². The van der Waals surface area contributed by atoms with Gasteiger partial charge in [-0.3, -0.25) is 20.5 Å². The summed E-state index contributed by atoms with van der Waals surface area (Å²) < 4.78 is 0.0324. The minimum atomic E-state index is -0.985. The number of hydrogen-bond acceptors (Lipinski definition) is 4. The summed E-state index contributed by atoms with van der Waals surface area (Å²) in [6.45, 7) is 2.37. The van der Waals surface area contributed by atoms with Crippen LogP contribution in [0.15, 0.2) is 36.4 Å². The van der Waals surface area contributed by atoms with E-state index in [-0.39, 0.29) is 15.7 Å². The molecule has 0 unspecified atom stereocenters. The highest BCUT2D eigenvalue weighted by atomic mass is 79.9. The number of nitrogens with one attached hydrogen (secondary N) is 2. The molecule has 2 aromatic rings. The van der Waals surface area contributed by atoms with E-state index in [1.807, 2.05) is 43.3 Å². The van der Waals surface area contributed by atoms with Gasteiger partial charge in [-0.25, -0.2) is 0 Å². The maximum Gasteiger partial charge on any atom is 0.313 e. The molecule has 0 aliphatic rings. The Labute approximate surface area is 146 Å². The summed E-state index contributed by atoms with van der Waals surface area (Å²) in [4.78, 5) is 12.1. The highest BCUT2D eigenvalue weighted by molar-refractivity contribution is 9.18. The molecule has 0 spiro atoms. The van der Waals surface area contributed by atoms with Crippen molar-refractivity contribution < 1.29 is 9.90 Å². The van der Waals surface area contributed by atoms with E-state index in [1.54, 1.807) is 0 Å². The molecule has 0 aliphatic carbocycles. The second-order valence-electron chi connectivity index (χ2n) is 4.95. The van der Waals surface area contributed by atoms with Gasteiger partial charge in [-0.05, 0) is 44.8 Å². The van der Waals surface area contributed by atoms with Gasteiger partial charge in [0, 0.05) is 0 Å². The molecular formula is C16H16BrN3O2S. The second-order valence-corrected chi connectivity index (χ2v) is 6.67. The Hall–Kier alpha value is -1.86. The first-order chi connectivity index (χ1) is 10.9. The monoisotopic (exact) mass is 393 g/mol. The van der Waals surface area contributed by atoms with Gasteiger partial charge in [0.25, 0.3) is 0 Å². The first-order valence-electron chi connectivity index (χ1n) is 6.82. The Morgan fingerprint density at radius 1 is 1.22 bits per heavy atom. The molecule has 0 bridgehead atoms. The number of nitrogens with zero attached hydrogens (tertiary/aromatic N) is 1. The summed E-state index contributed by atoms with van der Waals surface area (Å²) in [5, 5.41) is 26.8. The highest BCUT2D eigenvalue weighted by Gasteiger charge is 2.17. The first kappa shape index (κ1) is 17.5. The topological polar surface area (TPSA) is 88.2 Å². The van der Waals surface area contributed by atoms with Crippen LogP contribution in [0.3, 0.4) is 0 Å². The molecule has 0 saturated heterocycles. The van der Waals surface area contributed by atoms with Crippen LogP contribution in [-0.2, 0) is 11.3 Å². The van der Waals surface area contributed by atoms with Crippen LogP contribution in [0.25, 0.3) is 10.8 Å². The van der Waals surface area contributed by atoms with Gasteiger partial charge < -0.3 is 5.11 Å². The molecule has 0 atom stereocenters. The molecule has 0 radical (unpaired) electrons. The molecule has 2 aromatic carbocycles. The third-order valence-corrected chi connectivity index (χ3v) is 4.69. The number of rotatable bonds is 4. The van der Waals surface area contributed by atoms with Crippen molar-refractivity contribution in [1.82, 2.24) is 4.90 Å². The zero-order valence-corrected chi connectivity index (χ0v) is 14.9. The van der Waals surface area contributed by atoms with E-state index in [0.717, 1.165) is 28.1 Å². The van der Waals surface area contributed by atoms with Crippen molar-refractivity contribution in [2.75, 3.05) is 5.75 Å². The maximum atomic E-state index is 10.7. The van der Waals surface area contributed by atoms with Crippen LogP contribution in [0.2, 0.25) is 0 Å². The van der Waals surface area contributed by atoms with Crippen LogP contribution in [0.5, 0.6) is 0 Å². The number of aliphatic carboxylic acids is 1. The van der Waals surface area contributed by atoms with Crippen molar-refractivity contribution in [1.29, 1.82) is 10.8 Å². The average Bonchev–Trinajstić information content (AvgIpc) is 2.52. The maximum absolute atomic E-state index is 10.7. The third-order valence-electron chi connectivity index (χ3n) is 3.38. The molecule has 2 rings (SSSR count). The molecule has 0 heterocycles. The molecule has 0 fully saturated rings. The fourth-order valence-electron chi connectivity index (χ4n) is 2.26. The summed E-state index contributed by atoms with van der Waals surface area (Å²) in [7, 11) is 0. The quantitative estimate of drug-likeness (QED) is 0.415. The largest absolute Gasteiger partial charge is 0.481 e. The highest BCUT2D eigenvalue weighted by Crippen LogP contribution is 2.25. The van der Waals surface area contributed by atoms with E-state index < -0.39 is 5.97 Å². The van der Waals surface area contributed by atoms with Gasteiger partial charge >= 0.3 is 5.97 Å². The number of thioether (sulfide) groups is 1. The number of halogens is 1. The van der Waals surface area contributed by atoms with E-state index in [1.165, 1.54) is 10.5 Å². The number of aryl methyl sites for hydroxylation is 1. The molecule has 0 saturated carbocycles. The summed E-state index contributed by atoms with van der Waals surface area (Å²) >= 11 is 3.98. The number of carbonyl (C=O) groups is 1. The molecule has 7 heteroatoms. The Bertz CT molecular complexity index is 779. The van der Waals surface area contributed by atoms with Gasteiger partial charge in [0.15, 0.2) is 9.91 Å². The van der Waals surface area contributed by atoms with Crippen molar-refractivity contribution in [3.8, 4) is 0 Å².